The molecule has 2 saturated heterocycles. The lowest BCUT2D eigenvalue weighted by Crippen LogP contribution is -2.49. The van der Waals surface area contributed by atoms with Crippen molar-refractivity contribution >= 4 is 33.2 Å². The van der Waals surface area contributed by atoms with Crippen molar-refractivity contribution in [3.63, 3.8) is 0 Å². The number of nitrogens with one attached hydrogen (secondary N) is 1. The fourth-order valence-electron chi connectivity index (χ4n) is 4.78. The van der Waals surface area contributed by atoms with E-state index >= 15 is 0 Å². The van der Waals surface area contributed by atoms with Gasteiger partial charge in [0.05, 0.1) is 22.7 Å². The summed E-state index contributed by atoms with van der Waals surface area (Å²) in [5.41, 5.74) is 2.81. The minimum Gasteiger partial charge on any atom is -0.393 e. The number of rotatable bonds is 3. The minimum atomic E-state index is -3.47. The standard InChI is InChI=1S/C21H24N2O3S2/c1-13(28(25,26)23-15-7-8-16(23)12-17(24)11-15)14-6-9-21-19(10-14)22-18-4-2-3-5-20(18)27-21/h2-6,9-10,13,15-17,22,24H,7-8,11-12H2,1H3. The molecule has 3 atom stereocenters. The van der Waals surface area contributed by atoms with Gasteiger partial charge in [0.15, 0.2) is 0 Å². The van der Waals surface area contributed by atoms with E-state index in [9.17, 15) is 13.5 Å². The van der Waals surface area contributed by atoms with E-state index in [0.29, 0.717) is 12.8 Å². The van der Waals surface area contributed by atoms with Crippen molar-refractivity contribution in [2.24, 2.45) is 0 Å². The van der Waals surface area contributed by atoms with E-state index in [1.165, 1.54) is 4.90 Å². The third-order valence-corrected chi connectivity index (χ3v) is 9.73. The fraction of sp³-hybridized carbons (Fsp3) is 0.429. The molecule has 0 aliphatic carbocycles. The van der Waals surface area contributed by atoms with Crippen LogP contribution in [0.4, 0.5) is 11.4 Å². The summed E-state index contributed by atoms with van der Waals surface area (Å²) < 4.78 is 28.6. The van der Waals surface area contributed by atoms with Crippen LogP contribution in [0.1, 0.15) is 43.4 Å². The Morgan fingerprint density at radius 1 is 1.07 bits per heavy atom. The van der Waals surface area contributed by atoms with Crippen LogP contribution in [0.5, 0.6) is 0 Å². The molecule has 5 rings (SSSR count). The van der Waals surface area contributed by atoms with Gasteiger partial charge in [0, 0.05) is 21.9 Å². The number of anilines is 2. The number of aliphatic hydroxyl groups excluding tert-OH is 1. The number of para-hydroxylation sites is 1. The number of piperidine rings is 1. The summed E-state index contributed by atoms with van der Waals surface area (Å²) in [5, 5.41) is 12.8. The number of nitrogens with zero attached hydrogens (tertiary/aromatic N) is 1. The number of fused-ring (bicyclic) bond motifs is 4. The van der Waals surface area contributed by atoms with Gasteiger partial charge in [-0.3, -0.25) is 0 Å². The van der Waals surface area contributed by atoms with Crippen LogP contribution in [0.25, 0.3) is 0 Å². The van der Waals surface area contributed by atoms with Gasteiger partial charge in [0.25, 0.3) is 0 Å². The summed E-state index contributed by atoms with van der Waals surface area (Å²) in [7, 11) is -3.47. The molecule has 5 nitrogen and oxygen atoms in total. The Bertz CT molecular complexity index is 1010. The molecule has 0 amide bonds. The second-order valence-corrected chi connectivity index (χ2v) is 11.2. The third-order valence-electron chi connectivity index (χ3n) is 6.23. The van der Waals surface area contributed by atoms with Crippen LogP contribution in [0.15, 0.2) is 52.3 Å². The van der Waals surface area contributed by atoms with E-state index in [0.717, 1.165) is 34.7 Å². The summed E-state index contributed by atoms with van der Waals surface area (Å²) in [5.74, 6) is 0. The van der Waals surface area contributed by atoms with Gasteiger partial charge in [0.1, 0.15) is 0 Å². The maximum atomic E-state index is 13.4. The van der Waals surface area contributed by atoms with Crippen LogP contribution < -0.4 is 5.32 Å². The molecule has 2 fully saturated rings. The second-order valence-electron chi connectivity index (χ2n) is 8.01. The third kappa shape index (κ3) is 2.96. The van der Waals surface area contributed by atoms with Crippen molar-refractivity contribution in [1.29, 1.82) is 0 Å². The van der Waals surface area contributed by atoms with Gasteiger partial charge >= 0.3 is 0 Å². The molecule has 148 valence electrons. The highest BCUT2D eigenvalue weighted by Gasteiger charge is 2.48. The number of hydrogen-bond donors (Lipinski definition) is 2. The zero-order chi connectivity index (χ0) is 19.5. The van der Waals surface area contributed by atoms with Crippen LogP contribution in [0.2, 0.25) is 0 Å². The average molecular weight is 417 g/mol. The molecule has 2 aromatic carbocycles. The largest absolute Gasteiger partial charge is 0.393 e. The molecule has 2 bridgehead atoms. The Morgan fingerprint density at radius 2 is 1.75 bits per heavy atom. The minimum absolute atomic E-state index is 0.0561. The highest BCUT2D eigenvalue weighted by molar-refractivity contribution is 7.99. The Kier molecular flexibility index (Phi) is 4.46. The van der Waals surface area contributed by atoms with Gasteiger partial charge < -0.3 is 10.4 Å². The summed E-state index contributed by atoms with van der Waals surface area (Å²) in [4.78, 5) is 2.28. The van der Waals surface area contributed by atoms with Gasteiger partial charge in [-0.25, -0.2) is 8.42 Å². The summed E-state index contributed by atoms with van der Waals surface area (Å²) >= 11 is 1.70. The molecule has 3 aliphatic rings. The van der Waals surface area contributed by atoms with Gasteiger partial charge in [-0.2, -0.15) is 4.31 Å². The molecule has 7 heteroatoms. The maximum Gasteiger partial charge on any atom is 0.221 e. The highest BCUT2D eigenvalue weighted by atomic mass is 32.2. The Hall–Kier alpha value is -1.54. The molecular weight excluding hydrogens is 392 g/mol. The predicted molar refractivity (Wildman–Crippen MR) is 112 cm³/mol. The summed E-state index contributed by atoms with van der Waals surface area (Å²) in [6.07, 6.45) is 2.45. The van der Waals surface area contributed by atoms with Gasteiger partial charge in [-0.15, -0.1) is 0 Å². The number of benzene rings is 2. The molecule has 2 N–H and O–H groups in total. The quantitative estimate of drug-likeness (QED) is 0.667. The number of aliphatic hydroxyl groups is 1. The number of sulfonamides is 1. The Balaban J connectivity index is 1.44. The van der Waals surface area contributed by atoms with Crippen molar-refractivity contribution < 1.29 is 13.5 Å². The molecule has 28 heavy (non-hydrogen) atoms. The van der Waals surface area contributed by atoms with Crippen molar-refractivity contribution in [3.8, 4) is 0 Å². The van der Waals surface area contributed by atoms with Crippen LogP contribution in [-0.4, -0.2) is 36.0 Å². The first-order valence-electron chi connectivity index (χ1n) is 9.82. The Labute approximate surface area is 170 Å². The van der Waals surface area contributed by atoms with Crippen LogP contribution in [-0.2, 0) is 10.0 Å². The van der Waals surface area contributed by atoms with E-state index in [1.807, 2.05) is 36.4 Å². The first kappa shape index (κ1) is 18.5. The lowest BCUT2D eigenvalue weighted by molar-refractivity contribution is 0.0764. The second kappa shape index (κ2) is 6.76. The van der Waals surface area contributed by atoms with E-state index in [-0.39, 0.29) is 18.2 Å². The lowest BCUT2D eigenvalue weighted by atomic mass is 10.0. The van der Waals surface area contributed by atoms with E-state index in [1.54, 1.807) is 23.0 Å². The van der Waals surface area contributed by atoms with Crippen LogP contribution in [0.3, 0.4) is 0 Å². The van der Waals surface area contributed by atoms with Crippen molar-refractivity contribution in [1.82, 2.24) is 4.31 Å². The molecule has 3 aliphatic heterocycles. The first-order valence-corrected chi connectivity index (χ1v) is 12.1. The van der Waals surface area contributed by atoms with Crippen molar-refractivity contribution in [2.45, 2.75) is 65.8 Å². The van der Waals surface area contributed by atoms with Gasteiger partial charge in [0.2, 0.25) is 10.0 Å². The SMILES string of the molecule is CC(c1ccc2c(c1)Nc1ccccc1S2)S(=O)(=O)N1C2CCC1CC(O)C2. The molecule has 3 heterocycles. The molecular formula is C21H24N2O3S2. The molecule has 3 unspecified atom stereocenters. The summed E-state index contributed by atoms with van der Waals surface area (Å²) in [6, 6.07) is 13.9. The predicted octanol–water partition coefficient (Wildman–Crippen LogP) is 4.27. The van der Waals surface area contributed by atoms with E-state index in [2.05, 4.69) is 11.4 Å². The summed E-state index contributed by atoms with van der Waals surface area (Å²) in [6.45, 7) is 1.78. The zero-order valence-corrected chi connectivity index (χ0v) is 17.3. The maximum absolute atomic E-state index is 13.4. The lowest BCUT2D eigenvalue weighted by Gasteiger charge is -2.37. The first-order chi connectivity index (χ1) is 13.4. The smallest absolute Gasteiger partial charge is 0.221 e. The van der Waals surface area contributed by atoms with E-state index < -0.39 is 15.3 Å². The van der Waals surface area contributed by atoms with E-state index in [4.69, 9.17) is 0 Å². The fourth-order valence-corrected chi connectivity index (χ4v) is 7.82. The van der Waals surface area contributed by atoms with Gasteiger partial charge in [-0.1, -0.05) is 30.0 Å². The average Bonchev–Trinajstić information content (AvgIpc) is 2.98. The Morgan fingerprint density at radius 3 is 2.50 bits per heavy atom. The van der Waals surface area contributed by atoms with Crippen LogP contribution >= 0.6 is 11.8 Å². The molecule has 0 radical (unpaired) electrons. The normalized spacial score (nSPS) is 27.6. The highest BCUT2D eigenvalue weighted by Crippen LogP contribution is 2.46. The molecule has 0 saturated carbocycles. The topological polar surface area (TPSA) is 69.6 Å². The monoisotopic (exact) mass is 416 g/mol. The van der Waals surface area contributed by atoms with Crippen molar-refractivity contribution in [3.05, 3.63) is 48.0 Å². The molecule has 2 aromatic rings. The van der Waals surface area contributed by atoms with Crippen LogP contribution in [0, 0.1) is 0 Å². The molecule has 0 aromatic heterocycles. The zero-order valence-electron chi connectivity index (χ0n) is 15.7. The molecule has 0 spiro atoms. The number of hydrogen-bond acceptors (Lipinski definition) is 5. The van der Waals surface area contributed by atoms with Crippen molar-refractivity contribution in [2.75, 3.05) is 5.32 Å². The van der Waals surface area contributed by atoms with Gasteiger partial charge in [-0.05, 0) is 62.4 Å².